The fourth-order valence-corrected chi connectivity index (χ4v) is 1.74. The molecule has 0 N–H and O–H groups in total. The van der Waals surface area contributed by atoms with Crippen LogP contribution in [-0.2, 0) is 0 Å². The fourth-order valence-electron chi connectivity index (χ4n) is 1.29. The molecule has 15 heavy (non-hydrogen) atoms. The molecule has 1 aliphatic carbocycles. The van der Waals surface area contributed by atoms with Crippen molar-refractivity contribution in [2.24, 2.45) is 0 Å². The topological polar surface area (TPSA) is 18.5 Å². The quantitative estimate of drug-likeness (QED) is 0.829. The van der Waals surface area contributed by atoms with Crippen molar-refractivity contribution in [1.29, 1.82) is 0 Å². The van der Waals surface area contributed by atoms with Crippen molar-refractivity contribution in [3.63, 3.8) is 0 Å². The van der Waals surface area contributed by atoms with Gasteiger partial charge in [0, 0.05) is 0 Å². The first-order chi connectivity index (χ1) is 7.15. The molecular formula is C12H15BrO2. The second-order valence-corrected chi connectivity index (χ2v) is 4.93. The van der Waals surface area contributed by atoms with Crippen LogP contribution < -0.4 is 9.47 Å². The minimum absolute atomic E-state index is 0.201. The van der Waals surface area contributed by atoms with E-state index in [9.17, 15) is 0 Å². The monoisotopic (exact) mass is 270 g/mol. The van der Waals surface area contributed by atoms with Crippen molar-refractivity contribution in [2.45, 2.75) is 38.9 Å². The molecule has 2 nitrogen and oxygen atoms in total. The number of benzene rings is 1. The van der Waals surface area contributed by atoms with Crippen LogP contribution in [0.25, 0.3) is 0 Å². The zero-order chi connectivity index (χ0) is 10.8. The molecule has 1 aromatic carbocycles. The summed E-state index contributed by atoms with van der Waals surface area (Å²) in [5, 5.41) is 0. The molecule has 0 aromatic heterocycles. The Morgan fingerprint density at radius 3 is 2.60 bits per heavy atom. The SMILES string of the molecule is CC(C)Oc1ccc(OC2CC2)c(Br)c1. The summed E-state index contributed by atoms with van der Waals surface area (Å²) in [7, 11) is 0. The van der Waals surface area contributed by atoms with Gasteiger partial charge in [0.1, 0.15) is 11.5 Å². The Morgan fingerprint density at radius 2 is 2.07 bits per heavy atom. The van der Waals surface area contributed by atoms with Gasteiger partial charge in [-0.2, -0.15) is 0 Å². The second kappa shape index (κ2) is 4.44. The van der Waals surface area contributed by atoms with Crippen LogP contribution >= 0.6 is 15.9 Å². The van der Waals surface area contributed by atoms with Crippen molar-refractivity contribution in [1.82, 2.24) is 0 Å². The van der Waals surface area contributed by atoms with Crippen LogP contribution in [0, 0.1) is 0 Å². The van der Waals surface area contributed by atoms with Gasteiger partial charge in [0.15, 0.2) is 0 Å². The predicted molar refractivity (Wildman–Crippen MR) is 63.6 cm³/mol. The predicted octanol–water partition coefficient (Wildman–Crippen LogP) is 3.78. The summed E-state index contributed by atoms with van der Waals surface area (Å²) in [5.41, 5.74) is 0. The Balaban J connectivity index is 2.07. The molecule has 1 fully saturated rings. The van der Waals surface area contributed by atoms with Crippen LogP contribution in [0.2, 0.25) is 0 Å². The van der Waals surface area contributed by atoms with E-state index in [1.165, 1.54) is 12.8 Å². The number of halogens is 1. The molecule has 1 aromatic rings. The number of hydrogen-bond acceptors (Lipinski definition) is 2. The molecule has 82 valence electrons. The van der Waals surface area contributed by atoms with Crippen LogP contribution in [-0.4, -0.2) is 12.2 Å². The molecule has 0 unspecified atom stereocenters. The molecule has 0 bridgehead atoms. The van der Waals surface area contributed by atoms with E-state index < -0.39 is 0 Å². The summed E-state index contributed by atoms with van der Waals surface area (Å²) in [4.78, 5) is 0. The van der Waals surface area contributed by atoms with E-state index in [1.807, 2.05) is 32.0 Å². The van der Waals surface area contributed by atoms with E-state index in [-0.39, 0.29) is 6.10 Å². The Hall–Kier alpha value is -0.700. The fraction of sp³-hybridized carbons (Fsp3) is 0.500. The van der Waals surface area contributed by atoms with E-state index in [4.69, 9.17) is 9.47 Å². The first-order valence-electron chi connectivity index (χ1n) is 5.28. The maximum Gasteiger partial charge on any atom is 0.134 e. The molecule has 2 rings (SSSR count). The summed E-state index contributed by atoms with van der Waals surface area (Å²) in [6.07, 6.45) is 2.98. The molecule has 0 radical (unpaired) electrons. The lowest BCUT2D eigenvalue weighted by Gasteiger charge is -2.12. The first kappa shape index (κ1) is 10.8. The summed E-state index contributed by atoms with van der Waals surface area (Å²) in [5.74, 6) is 1.79. The van der Waals surface area contributed by atoms with Crippen molar-refractivity contribution < 1.29 is 9.47 Å². The van der Waals surface area contributed by atoms with Gasteiger partial charge in [0.25, 0.3) is 0 Å². The lowest BCUT2D eigenvalue weighted by molar-refractivity contribution is 0.241. The molecule has 1 aliphatic rings. The van der Waals surface area contributed by atoms with Crippen molar-refractivity contribution in [3.05, 3.63) is 22.7 Å². The molecule has 0 atom stereocenters. The van der Waals surface area contributed by atoms with Gasteiger partial charge in [0.2, 0.25) is 0 Å². The Morgan fingerprint density at radius 1 is 1.33 bits per heavy atom. The number of rotatable bonds is 4. The Bertz CT molecular complexity index is 345. The molecule has 0 spiro atoms. The van der Waals surface area contributed by atoms with Gasteiger partial charge in [-0.25, -0.2) is 0 Å². The van der Waals surface area contributed by atoms with Gasteiger partial charge >= 0.3 is 0 Å². The molecule has 0 aliphatic heterocycles. The standard InChI is InChI=1S/C12H15BrO2/c1-8(2)14-10-5-6-12(11(13)7-10)15-9-3-4-9/h5-9H,3-4H2,1-2H3. The summed E-state index contributed by atoms with van der Waals surface area (Å²) < 4.78 is 12.3. The van der Waals surface area contributed by atoms with E-state index in [1.54, 1.807) is 0 Å². The average Bonchev–Trinajstić information content (AvgIpc) is 2.92. The molecule has 0 heterocycles. The van der Waals surface area contributed by atoms with Crippen LogP contribution in [0.15, 0.2) is 22.7 Å². The molecule has 0 saturated heterocycles. The maximum atomic E-state index is 5.71. The Labute approximate surface area is 98.7 Å². The first-order valence-corrected chi connectivity index (χ1v) is 6.07. The second-order valence-electron chi connectivity index (χ2n) is 4.08. The minimum atomic E-state index is 0.201. The molecule has 3 heteroatoms. The van der Waals surface area contributed by atoms with Crippen LogP contribution in [0.5, 0.6) is 11.5 Å². The lowest BCUT2D eigenvalue weighted by Crippen LogP contribution is -2.05. The zero-order valence-corrected chi connectivity index (χ0v) is 10.6. The van der Waals surface area contributed by atoms with E-state index >= 15 is 0 Å². The third kappa shape index (κ3) is 3.13. The molecule has 1 saturated carbocycles. The van der Waals surface area contributed by atoms with Gasteiger partial charge in [-0.1, -0.05) is 0 Å². The maximum absolute atomic E-state index is 5.71. The highest BCUT2D eigenvalue weighted by Crippen LogP contribution is 2.34. The number of hydrogen-bond donors (Lipinski definition) is 0. The van der Waals surface area contributed by atoms with E-state index in [0.717, 1.165) is 16.0 Å². The average molecular weight is 271 g/mol. The van der Waals surface area contributed by atoms with Gasteiger partial charge in [-0.3, -0.25) is 0 Å². The largest absolute Gasteiger partial charge is 0.491 e. The summed E-state index contributed by atoms with van der Waals surface area (Å²) >= 11 is 3.49. The van der Waals surface area contributed by atoms with Gasteiger partial charge < -0.3 is 9.47 Å². The number of ether oxygens (including phenoxy) is 2. The van der Waals surface area contributed by atoms with Crippen molar-refractivity contribution in [2.75, 3.05) is 0 Å². The lowest BCUT2D eigenvalue weighted by atomic mass is 10.3. The van der Waals surface area contributed by atoms with Crippen LogP contribution in [0.1, 0.15) is 26.7 Å². The smallest absolute Gasteiger partial charge is 0.134 e. The highest BCUT2D eigenvalue weighted by Gasteiger charge is 2.24. The van der Waals surface area contributed by atoms with Crippen molar-refractivity contribution in [3.8, 4) is 11.5 Å². The normalized spacial score (nSPS) is 15.5. The van der Waals surface area contributed by atoms with Crippen LogP contribution in [0.3, 0.4) is 0 Å². The van der Waals surface area contributed by atoms with Crippen molar-refractivity contribution >= 4 is 15.9 Å². The van der Waals surface area contributed by atoms with Gasteiger partial charge in [0.05, 0.1) is 16.7 Å². The highest BCUT2D eigenvalue weighted by molar-refractivity contribution is 9.10. The van der Waals surface area contributed by atoms with E-state index in [2.05, 4.69) is 15.9 Å². The van der Waals surface area contributed by atoms with Gasteiger partial charge in [-0.15, -0.1) is 0 Å². The highest BCUT2D eigenvalue weighted by atomic mass is 79.9. The summed E-state index contributed by atoms with van der Waals surface area (Å²) in [6.45, 7) is 4.03. The third-order valence-electron chi connectivity index (χ3n) is 2.09. The molecular weight excluding hydrogens is 256 g/mol. The Kier molecular flexibility index (Phi) is 3.19. The van der Waals surface area contributed by atoms with E-state index in [0.29, 0.717) is 6.10 Å². The third-order valence-corrected chi connectivity index (χ3v) is 2.71. The zero-order valence-electron chi connectivity index (χ0n) is 9.00. The summed E-state index contributed by atoms with van der Waals surface area (Å²) in [6, 6.07) is 5.86. The minimum Gasteiger partial charge on any atom is -0.491 e. The molecule has 0 amide bonds. The van der Waals surface area contributed by atoms with Gasteiger partial charge in [-0.05, 0) is 60.8 Å². The van der Waals surface area contributed by atoms with Crippen LogP contribution in [0.4, 0.5) is 0 Å².